The average Bonchev–Trinajstić information content (AvgIpc) is 2.21. The van der Waals surface area contributed by atoms with Gasteiger partial charge in [0.1, 0.15) is 0 Å². The summed E-state index contributed by atoms with van der Waals surface area (Å²) in [7, 11) is 1.78. The number of rotatable bonds is 5. The Hall–Kier alpha value is -0.340. The third-order valence-corrected chi connectivity index (χ3v) is 2.92. The molecule has 0 bridgehead atoms. The van der Waals surface area contributed by atoms with Gasteiger partial charge in [-0.25, -0.2) is 0 Å². The lowest BCUT2D eigenvalue weighted by atomic mass is 9.96. The van der Waals surface area contributed by atoms with E-state index >= 15 is 0 Å². The van der Waals surface area contributed by atoms with Gasteiger partial charge in [-0.15, -0.1) is 0 Å². The van der Waals surface area contributed by atoms with Gasteiger partial charge in [0.25, 0.3) is 0 Å². The average molecular weight is 197 g/mol. The minimum absolute atomic E-state index is 0.832. The Bertz CT molecular complexity index is 160. The highest BCUT2D eigenvalue weighted by Gasteiger charge is 2.15. The van der Waals surface area contributed by atoms with Crippen molar-refractivity contribution in [2.45, 2.75) is 26.2 Å². The molecule has 1 saturated heterocycles. The molecule has 0 aliphatic carbocycles. The van der Waals surface area contributed by atoms with Gasteiger partial charge in [0.05, 0.1) is 0 Å². The Morgan fingerprint density at radius 2 is 2.07 bits per heavy atom. The van der Waals surface area contributed by atoms with Gasteiger partial charge < -0.3 is 9.64 Å². The summed E-state index contributed by atoms with van der Waals surface area (Å²) in [5, 5.41) is 0. The Labute approximate surface area is 87.9 Å². The number of piperidine rings is 1. The molecule has 0 saturated carbocycles. The predicted octanol–water partition coefficient (Wildman–Crippen LogP) is 2.31. The van der Waals surface area contributed by atoms with Crippen LogP contribution in [0.25, 0.3) is 0 Å². The Kier molecular flexibility index (Phi) is 5.88. The van der Waals surface area contributed by atoms with Crippen molar-refractivity contribution in [2.24, 2.45) is 5.92 Å². The van der Waals surface area contributed by atoms with E-state index in [0.717, 1.165) is 12.5 Å². The van der Waals surface area contributed by atoms with Crippen LogP contribution in [0.4, 0.5) is 0 Å². The van der Waals surface area contributed by atoms with Crippen LogP contribution in [0, 0.1) is 5.92 Å². The number of likely N-dealkylation sites (tertiary alicyclic amines) is 1. The highest BCUT2D eigenvalue weighted by atomic mass is 16.5. The quantitative estimate of drug-likeness (QED) is 0.495. The summed E-state index contributed by atoms with van der Waals surface area (Å²) in [6.45, 7) is 6.74. The summed E-state index contributed by atoms with van der Waals surface area (Å²) in [6.07, 6.45) is 8.37. The van der Waals surface area contributed by atoms with Crippen molar-refractivity contribution in [3.8, 4) is 0 Å². The molecule has 0 N–H and O–H groups in total. The first-order valence-corrected chi connectivity index (χ1v) is 5.71. The van der Waals surface area contributed by atoms with Gasteiger partial charge in [0, 0.05) is 20.3 Å². The first-order chi connectivity index (χ1) is 6.86. The standard InChI is InChI=1S/C12H23NO/c1-3-5-12-6-9-13(10-7-12)8-4-11-14-2/h3,5,12H,4,6-11H2,1-2H3/b5-3+. The first-order valence-electron chi connectivity index (χ1n) is 5.71. The van der Waals surface area contributed by atoms with E-state index in [1.54, 1.807) is 7.11 Å². The number of allylic oxidation sites excluding steroid dienone is 2. The second-order valence-electron chi connectivity index (χ2n) is 4.05. The van der Waals surface area contributed by atoms with E-state index in [1.165, 1.54) is 38.9 Å². The molecule has 0 unspecified atom stereocenters. The maximum Gasteiger partial charge on any atom is 0.0474 e. The van der Waals surface area contributed by atoms with Gasteiger partial charge in [-0.1, -0.05) is 12.2 Å². The second-order valence-corrected chi connectivity index (χ2v) is 4.05. The molecule has 0 aromatic heterocycles. The zero-order valence-electron chi connectivity index (χ0n) is 9.54. The van der Waals surface area contributed by atoms with Gasteiger partial charge in [0.15, 0.2) is 0 Å². The van der Waals surface area contributed by atoms with Crippen LogP contribution in [0.5, 0.6) is 0 Å². The van der Waals surface area contributed by atoms with Crippen LogP contribution < -0.4 is 0 Å². The van der Waals surface area contributed by atoms with Crippen LogP contribution in [-0.2, 0) is 4.74 Å². The second kappa shape index (κ2) is 7.02. The van der Waals surface area contributed by atoms with Crippen molar-refractivity contribution < 1.29 is 4.74 Å². The van der Waals surface area contributed by atoms with E-state index in [9.17, 15) is 0 Å². The van der Waals surface area contributed by atoms with Crippen molar-refractivity contribution >= 4 is 0 Å². The number of methoxy groups -OCH3 is 1. The van der Waals surface area contributed by atoms with Gasteiger partial charge in [-0.2, -0.15) is 0 Å². The fourth-order valence-corrected chi connectivity index (χ4v) is 2.07. The summed E-state index contributed by atoms with van der Waals surface area (Å²) in [5.74, 6) is 0.832. The molecule has 0 atom stereocenters. The van der Waals surface area contributed by atoms with Crippen molar-refractivity contribution in [2.75, 3.05) is 33.4 Å². The molecule has 14 heavy (non-hydrogen) atoms. The van der Waals surface area contributed by atoms with Crippen LogP contribution in [0.15, 0.2) is 12.2 Å². The topological polar surface area (TPSA) is 12.5 Å². The molecule has 0 aromatic rings. The fourth-order valence-electron chi connectivity index (χ4n) is 2.07. The van der Waals surface area contributed by atoms with E-state index < -0.39 is 0 Å². The molecule has 82 valence electrons. The molecule has 1 rings (SSSR count). The molecule has 1 aliphatic heterocycles. The summed E-state index contributed by atoms with van der Waals surface area (Å²) < 4.78 is 5.05. The maximum atomic E-state index is 5.05. The molecule has 2 nitrogen and oxygen atoms in total. The molecule has 1 aliphatic rings. The zero-order valence-corrected chi connectivity index (χ0v) is 9.54. The van der Waals surface area contributed by atoms with Gasteiger partial charge >= 0.3 is 0 Å². The number of ether oxygens (including phenoxy) is 1. The van der Waals surface area contributed by atoms with Crippen LogP contribution in [-0.4, -0.2) is 38.3 Å². The largest absolute Gasteiger partial charge is 0.385 e. The zero-order chi connectivity index (χ0) is 10.2. The third kappa shape index (κ3) is 4.25. The summed E-state index contributed by atoms with van der Waals surface area (Å²) in [5.41, 5.74) is 0. The summed E-state index contributed by atoms with van der Waals surface area (Å²) in [6, 6.07) is 0. The van der Waals surface area contributed by atoms with Crippen LogP contribution in [0.3, 0.4) is 0 Å². The fraction of sp³-hybridized carbons (Fsp3) is 0.833. The van der Waals surface area contributed by atoms with Crippen molar-refractivity contribution in [1.29, 1.82) is 0 Å². The van der Waals surface area contributed by atoms with E-state index in [-0.39, 0.29) is 0 Å². The molecule has 0 aromatic carbocycles. The monoisotopic (exact) mass is 197 g/mol. The molecule has 0 spiro atoms. The lowest BCUT2D eigenvalue weighted by Gasteiger charge is -2.30. The van der Waals surface area contributed by atoms with Gasteiger partial charge in [-0.05, 0) is 45.2 Å². The predicted molar refractivity (Wildman–Crippen MR) is 60.5 cm³/mol. The SMILES string of the molecule is C/C=C/C1CCN(CCCOC)CC1. The van der Waals surface area contributed by atoms with Crippen LogP contribution in [0.2, 0.25) is 0 Å². The Morgan fingerprint density at radius 3 is 2.64 bits per heavy atom. The van der Waals surface area contributed by atoms with Crippen molar-refractivity contribution in [1.82, 2.24) is 4.90 Å². The highest BCUT2D eigenvalue weighted by Crippen LogP contribution is 2.18. The highest BCUT2D eigenvalue weighted by molar-refractivity contribution is 4.88. The molecular weight excluding hydrogens is 174 g/mol. The van der Waals surface area contributed by atoms with Crippen molar-refractivity contribution in [3.63, 3.8) is 0 Å². The summed E-state index contributed by atoms with van der Waals surface area (Å²) >= 11 is 0. The minimum Gasteiger partial charge on any atom is -0.385 e. The smallest absolute Gasteiger partial charge is 0.0474 e. The maximum absolute atomic E-state index is 5.05. The van der Waals surface area contributed by atoms with E-state index in [0.29, 0.717) is 0 Å². The van der Waals surface area contributed by atoms with E-state index in [1.807, 2.05) is 0 Å². The van der Waals surface area contributed by atoms with Gasteiger partial charge in [-0.3, -0.25) is 0 Å². The minimum atomic E-state index is 0.832. The normalized spacial score (nSPS) is 20.7. The Morgan fingerprint density at radius 1 is 1.36 bits per heavy atom. The third-order valence-electron chi connectivity index (χ3n) is 2.92. The van der Waals surface area contributed by atoms with E-state index in [2.05, 4.69) is 24.0 Å². The number of hydrogen-bond acceptors (Lipinski definition) is 2. The molecular formula is C12H23NO. The number of nitrogens with zero attached hydrogens (tertiary/aromatic N) is 1. The van der Waals surface area contributed by atoms with Crippen molar-refractivity contribution in [3.05, 3.63) is 12.2 Å². The first kappa shape index (κ1) is 11.7. The molecule has 1 fully saturated rings. The van der Waals surface area contributed by atoms with Crippen LogP contribution in [0.1, 0.15) is 26.2 Å². The molecule has 0 radical (unpaired) electrons. The molecule has 1 heterocycles. The molecule has 0 amide bonds. The number of hydrogen-bond donors (Lipinski definition) is 0. The Balaban J connectivity index is 2.09. The summed E-state index contributed by atoms with van der Waals surface area (Å²) in [4.78, 5) is 2.55. The lowest BCUT2D eigenvalue weighted by molar-refractivity contribution is 0.154. The lowest BCUT2D eigenvalue weighted by Crippen LogP contribution is -2.34. The van der Waals surface area contributed by atoms with Crippen LogP contribution >= 0.6 is 0 Å². The van der Waals surface area contributed by atoms with Gasteiger partial charge in [0.2, 0.25) is 0 Å². The van der Waals surface area contributed by atoms with E-state index in [4.69, 9.17) is 4.74 Å². The molecule has 2 heteroatoms.